The van der Waals surface area contributed by atoms with Gasteiger partial charge < -0.3 is 5.11 Å². The molecule has 0 aromatic carbocycles. The molecule has 1 fully saturated rings. The standard InChI is InChI=1S/C11H17NO3S3/c1-9-8-12(5-7-16-9)18(14,15)11-3-2-10(17-11)4-6-13/h2-3,9,13H,4-8H2,1H3. The topological polar surface area (TPSA) is 57.6 Å². The third-order valence-electron chi connectivity index (χ3n) is 2.79. The zero-order valence-corrected chi connectivity index (χ0v) is 12.7. The lowest BCUT2D eigenvalue weighted by molar-refractivity contribution is 0.300. The van der Waals surface area contributed by atoms with Gasteiger partial charge in [0.2, 0.25) is 0 Å². The molecule has 1 atom stereocenters. The molecule has 0 saturated carbocycles. The van der Waals surface area contributed by atoms with Crippen LogP contribution in [-0.2, 0) is 16.4 Å². The average molecular weight is 307 g/mol. The fourth-order valence-corrected chi connectivity index (χ4v) is 6.13. The van der Waals surface area contributed by atoms with Crippen LogP contribution in [0.3, 0.4) is 0 Å². The normalized spacial score (nSPS) is 22.2. The molecule has 1 aromatic rings. The summed E-state index contributed by atoms with van der Waals surface area (Å²) in [4.78, 5) is 0.913. The van der Waals surface area contributed by atoms with E-state index in [1.165, 1.54) is 11.3 Å². The average Bonchev–Trinajstić information content (AvgIpc) is 2.79. The molecule has 1 saturated heterocycles. The van der Waals surface area contributed by atoms with Crippen molar-refractivity contribution >= 4 is 33.1 Å². The number of sulfonamides is 1. The van der Waals surface area contributed by atoms with E-state index >= 15 is 0 Å². The quantitative estimate of drug-likeness (QED) is 0.914. The molecule has 18 heavy (non-hydrogen) atoms. The molecule has 2 rings (SSSR count). The lowest BCUT2D eigenvalue weighted by atomic mass is 10.4. The zero-order valence-electron chi connectivity index (χ0n) is 10.2. The first kappa shape index (κ1) is 14.3. The summed E-state index contributed by atoms with van der Waals surface area (Å²) in [5, 5.41) is 9.21. The van der Waals surface area contributed by atoms with Crippen LogP contribution in [0.1, 0.15) is 11.8 Å². The van der Waals surface area contributed by atoms with Gasteiger partial charge in [0.1, 0.15) is 4.21 Å². The van der Waals surface area contributed by atoms with Gasteiger partial charge in [0.25, 0.3) is 10.0 Å². The molecule has 7 heteroatoms. The number of aliphatic hydroxyl groups is 1. The lowest BCUT2D eigenvalue weighted by Gasteiger charge is -2.29. The summed E-state index contributed by atoms with van der Waals surface area (Å²) in [6.45, 7) is 3.28. The van der Waals surface area contributed by atoms with Crippen LogP contribution in [0.15, 0.2) is 16.3 Å². The van der Waals surface area contributed by atoms with E-state index in [0.717, 1.165) is 10.6 Å². The van der Waals surface area contributed by atoms with Gasteiger partial charge in [-0.05, 0) is 12.1 Å². The van der Waals surface area contributed by atoms with Crippen molar-refractivity contribution < 1.29 is 13.5 Å². The third kappa shape index (κ3) is 3.08. The highest BCUT2D eigenvalue weighted by molar-refractivity contribution is 8.00. The number of nitrogens with zero attached hydrogens (tertiary/aromatic N) is 1. The van der Waals surface area contributed by atoms with Gasteiger partial charge in [0.15, 0.2) is 0 Å². The maximum atomic E-state index is 12.4. The zero-order chi connectivity index (χ0) is 13.2. The van der Waals surface area contributed by atoms with Gasteiger partial charge in [-0.3, -0.25) is 0 Å². The Morgan fingerprint density at radius 2 is 2.28 bits per heavy atom. The molecule has 1 aliphatic rings. The van der Waals surface area contributed by atoms with Crippen LogP contribution >= 0.6 is 23.1 Å². The predicted octanol–water partition coefficient (Wildman–Crippen LogP) is 1.41. The van der Waals surface area contributed by atoms with Crippen molar-refractivity contribution in [2.24, 2.45) is 0 Å². The first-order valence-electron chi connectivity index (χ1n) is 5.85. The second-order valence-corrected chi connectivity index (χ2v) is 9.12. The van der Waals surface area contributed by atoms with Crippen molar-refractivity contribution in [1.82, 2.24) is 4.31 Å². The number of aliphatic hydroxyl groups excluding tert-OH is 1. The van der Waals surface area contributed by atoms with Crippen LogP contribution in [0.4, 0.5) is 0 Å². The van der Waals surface area contributed by atoms with Crippen LogP contribution in [-0.4, -0.2) is 48.5 Å². The van der Waals surface area contributed by atoms with E-state index in [0.29, 0.717) is 29.0 Å². The second kappa shape index (κ2) is 5.92. The summed E-state index contributed by atoms with van der Waals surface area (Å²) in [5.41, 5.74) is 0. The Balaban J connectivity index is 2.18. The fourth-order valence-electron chi connectivity index (χ4n) is 1.87. The van der Waals surface area contributed by atoms with Crippen molar-refractivity contribution in [3.05, 3.63) is 17.0 Å². The summed E-state index contributed by atoms with van der Waals surface area (Å²) in [7, 11) is -3.34. The van der Waals surface area contributed by atoms with E-state index in [-0.39, 0.29) is 6.61 Å². The number of rotatable bonds is 4. The third-order valence-corrected chi connectivity index (χ3v) is 7.41. The molecule has 102 valence electrons. The van der Waals surface area contributed by atoms with E-state index in [1.54, 1.807) is 16.4 Å². The first-order chi connectivity index (χ1) is 8.54. The molecule has 4 nitrogen and oxygen atoms in total. The molecule has 0 bridgehead atoms. The molecule has 1 unspecified atom stereocenters. The smallest absolute Gasteiger partial charge is 0.252 e. The van der Waals surface area contributed by atoms with Crippen molar-refractivity contribution in [2.45, 2.75) is 22.8 Å². The minimum atomic E-state index is -3.34. The molecule has 0 aliphatic carbocycles. The summed E-state index contributed by atoms with van der Waals surface area (Å²) in [6, 6.07) is 3.44. The van der Waals surface area contributed by atoms with Gasteiger partial charge >= 0.3 is 0 Å². The fraction of sp³-hybridized carbons (Fsp3) is 0.636. The first-order valence-corrected chi connectivity index (χ1v) is 9.16. The van der Waals surface area contributed by atoms with Gasteiger partial charge in [-0.15, -0.1) is 11.3 Å². The molecule has 0 radical (unpaired) electrons. The molecule has 1 N–H and O–H groups in total. The van der Waals surface area contributed by atoms with Crippen LogP contribution in [0.2, 0.25) is 0 Å². The molecule has 0 amide bonds. The van der Waals surface area contributed by atoms with Gasteiger partial charge in [-0.1, -0.05) is 6.92 Å². The number of hydrogen-bond donors (Lipinski definition) is 1. The maximum Gasteiger partial charge on any atom is 0.252 e. The Labute approximate surface area is 116 Å². The van der Waals surface area contributed by atoms with E-state index in [2.05, 4.69) is 6.92 Å². The maximum absolute atomic E-state index is 12.4. The minimum absolute atomic E-state index is 0.0530. The molecule has 2 heterocycles. The van der Waals surface area contributed by atoms with E-state index in [4.69, 9.17) is 5.11 Å². The Morgan fingerprint density at radius 3 is 2.94 bits per heavy atom. The molecule has 0 spiro atoms. The molecular weight excluding hydrogens is 290 g/mol. The van der Waals surface area contributed by atoms with E-state index < -0.39 is 10.0 Å². The SMILES string of the molecule is CC1CN(S(=O)(=O)c2ccc(CCO)s2)CCS1. The van der Waals surface area contributed by atoms with E-state index in [1.807, 2.05) is 11.8 Å². The molecular formula is C11H17NO3S3. The summed E-state index contributed by atoms with van der Waals surface area (Å²) in [5.74, 6) is 0.856. The highest BCUT2D eigenvalue weighted by Crippen LogP contribution is 2.28. The molecule has 1 aromatic heterocycles. The summed E-state index contributed by atoms with van der Waals surface area (Å²) >= 11 is 3.07. The summed E-state index contributed by atoms with van der Waals surface area (Å²) in [6.07, 6.45) is 0.520. The highest BCUT2D eigenvalue weighted by atomic mass is 32.2. The van der Waals surface area contributed by atoms with Crippen molar-refractivity contribution in [1.29, 1.82) is 0 Å². The minimum Gasteiger partial charge on any atom is -0.396 e. The van der Waals surface area contributed by atoms with Crippen LogP contribution in [0, 0.1) is 0 Å². The highest BCUT2D eigenvalue weighted by Gasteiger charge is 2.29. The van der Waals surface area contributed by atoms with Crippen molar-refractivity contribution in [3.8, 4) is 0 Å². The number of thioether (sulfide) groups is 1. The monoisotopic (exact) mass is 307 g/mol. The Hall–Kier alpha value is -0.0800. The number of thiophene rings is 1. The van der Waals surface area contributed by atoms with Crippen LogP contribution < -0.4 is 0 Å². The predicted molar refractivity (Wildman–Crippen MR) is 75.8 cm³/mol. The van der Waals surface area contributed by atoms with Crippen molar-refractivity contribution in [3.63, 3.8) is 0 Å². The van der Waals surface area contributed by atoms with Crippen molar-refractivity contribution in [2.75, 3.05) is 25.4 Å². The second-order valence-electron chi connectivity index (χ2n) is 4.24. The van der Waals surface area contributed by atoms with Crippen LogP contribution in [0.5, 0.6) is 0 Å². The molecule has 1 aliphatic heterocycles. The number of hydrogen-bond acceptors (Lipinski definition) is 5. The van der Waals surface area contributed by atoms with Gasteiger partial charge in [-0.2, -0.15) is 16.1 Å². The van der Waals surface area contributed by atoms with Gasteiger partial charge in [0, 0.05) is 42.0 Å². The largest absolute Gasteiger partial charge is 0.396 e. The Morgan fingerprint density at radius 1 is 1.50 bits per heavy atom. The van der Waals surface area contributed by atoms with Gasteiger partial charge in [-0.25, -0.2) is 8.42 Å². The van der Waals surface area contributed by atoms with Gasteiger partial charge in [0.05, 0.1) is 0 Å². The lowest BCUT2D eigenvalue weighted by Crippen LogP contribution is -2.40. The summed E-state index contributed by atoms with van der Waals surface area (Å²) < 4.78 is 26.8. The Kier molecular flexibility index (Phi) is 4.71. The van der Waals surface area contributed by atoms with Crippen LogP contribution in [0.25, 0.3) is 0 Å². The Bertz CT molecular complexity index is 497. The van der Waals surface area contributed by atoms with E-state index in [9.17, 15) is 8.42 Å².